The zero-order valence-corrected chi connectivity index (χ0v) is 22.5. The molecule has 2 heterocycles. The number of carbonyl (C=O) groups is 3. The number of anilines is 2. The van der Waals surface area contributed by atoms with Gasteiger partial charge in [0, 0.05) is 33.0 Å². The SMILES string of the molecule is CCN1c2cc(Cl)c(/C=C3/NC(=O)N(CC(=O)Nc4ccc(Br)cc4)C3=O)cc2C(C)CC1(C)C. The molecular formula is C26H28BrClN4O3. The number of carbonyl (C=O) groups excluding carboxylic acids is 3. The lowest BCUT2D eigenvalue weighted by molar-refractivity contribution is -0.127. The second-order valence-electron chi connectivity index (χ2n) is 9.53. The molecule has 1 atom stereocenters. The fraction of sp³-hybridized carbons (Fsp3) is 0.346. The Bertz CT molecular complexity index is 1230. The van der Waals surface area contributed by atoms with Gasteiger partial charge in [-0.1, -0.05) is 34.5 Å². The summed E-state index contributed by atoms with van der Waals surface area (Å²) in [5.41, 5.74) is 3.57. The lowest BCUT2D eigenvalue weighted by Gasteiger charge is -2.47. The van der Waals surface area contributed by atoms with E-state index in [-0.39, 0.29) is 11.2 Å². The Morgan fingerprint density at radius 3 is 2.60 bits per heavy atom. The van der Waals surface area contributed by atoms with Crippen LogP contribution in [-0.4, -0.2) is 41.4 Å². The third kappa shape index (κ3) is 5.09. The molecule has 4 amide bonds. The van der Waals surface area contributed by atoms with E-state index in [0.717, 1.165) is 33.6 Å². The number of halogens is 2. The molecule has 1 saturated heterocycles. The zero-order valence-electron chi connectivity index (χ0n) is 20.1. The fourth-order valence-corrected chi connectivity index (χ4v) is 5.45. The van der Waals surface area contributed by atoms with Crippen LogP contribution in [0.1, 0.15) is 51.2 Å². The number of nitrogens with one attached hydrogen (secondary N) is 2. The van der Waals surface area contributed by atoms with Gasteiger partial charge in [-0.15, -0.1) is 0 Å². The Morgan fingerprint density at radius 2 is 1.94 bits per heavy atom. The fourth-order valence-electron chi connectivity index (χ4n) is 4.98. The molecule has 184 valence electrons. The van der Waals surface area contributed by atoms with Crippen molar-refractivity contribution in [3.63, 3.8) is 0 Å². The van der Waals surface area contributed by atoms with Crippen LogP contribution in [0.15, 0.2) is 46.6 Å². The largest absolute Gasteiger partial charge is 0.366 e. The highest BCUT2D eigenvalue weighted by molar-refractivity contribution is 9.10. The van der Waals surface area contributed by atoms with Gasteiger partial charge in [0.2, 0.25) is 5.91 Å². The highest BCUT2D eigenvalue weighted by Crippen LogP contribution is 2.45. The molecule has 0 radical (unpaired) electrons. The maximum absolute atomic E-state index is 12.9. The number of imide groups is 1. The van der Waals surface area contributed by atoms with Crippen LogP contribution in [0.3, 0.4) is 0 Å². The quantitative estimate of drug-likeness (QED) is 0.361. The molecule has 0 aromatic heterocycles. The molecule has 2 aliphatic heterocycles. The minimum Gasteiger partial charge on any atom is -0.366 e. The van der Waals surface area contributed by atoms with E-state index < -0.39 is 24.4 Å². The first-order chi connectivity index (χ1) is 16.5. The summed E-state index contributed by atoms with van der Waals surface area (Å²) in [4.78, 5) is 41.1. The predicted molar refractivity (Wildman–Crippen MR) is 143 cm³/mol. The van der Waals surface area contributed by atoms with Crippen molar-refractivity contribution in [1.29, 1.82) is 0 Å². The van der Waals surface area contributed by atoms with Gasteiger partial charge in [-0.2, -0.15) is 0 Å². The average molecular weight is 560 g/mol. The van der Waals surface area contributed by atoms with Crippen LogP contribution in [0.4, 0.5) is 16.2 Å². The van der Waals surface area contributed by atoms with E-state index >= 15 is 0 Å². The number of hydrogen-bond acceptors (Lipinski definition) is 4. The molecule has 1 fully saturated rings. The van der Waals surface area contributed by atoms with Crippen LogP contribution in [0.25, 0.3) is 6.08 Å². The summed E-state index contributed by atoms with van der Waals surface area (Å²) in [6, 6.07) is 10.3. The second kappa shape index (κ2) is 9.66. The number of benzene rings is 2. The topological polar surface area (TPSA) is 81.8 Å². The number of nitrogens with zero attached hydrogens (tertiary/aromatic N) is 2. The maximum atomic E-state index is 12.9. The van der Waals surface area contributed by atoms with Crippen molar-refractivity contribution in [3.05, 3.63) is 62.7 Å². The molecule has 35 heavy (non-hydrogen) atoms. The van der Waals surface area contributed by atoms with E-state index in [0.29, 0.717) is 22.2 Å². The monoisotopic (exact) mass is 558 g/mol. The van der Waals surface area contributed by atoms with E-state index in [2.05, 4.69) is 59.2 Å². The minimum atomic E-state index is -0.645. The highest BCUT2D eigenvalue weighted by Gasteiger charge is 2.37. The maximum Gasteiger partial charge on any atom is 0.329 e. The van der Waals surface area contributed by atoms with Gasteiger partial charge in [-0.3, -0.25) is 9.59 Å². The number of rotatable bonds is 5. The smallest absolute Gasteiger partial charge is 0.329 e. The summed E-state index contributed by atoms with van der Waals surface area (Å²) in [6.07, 6.45) is 2.57. The van der Waals surface area contributed by atoms with Gasteiger partial charge >= 0.3 is 6.03 Å². The molecule has 1 unspecified atom stereocenters. The molecule has 2 aromatic carbocycles. The summed E-state index contributed by atoms with van der Waals surface area (Å²) in [6.45, 7) is 9.23. The number of fused-ring (bicyclic) bond motifs is 1. The van der Waals surface area contributed by atoms with Crippen molar-refractivity contribution in [2.75, 3.05) is 23.3 Å². The summed E-state index contributed by atoms with van der Waals surface area (Å²) < 4.78 is 0.876. The van der Waals surface area contributed by atoms with Crippen molar-refractivity contribution >= 4 is 62.8 Å². The Balaban J connectivity index is 1.55. The number of amides is 4. The van der Waals surface area contributed by atoms with E-state index in [1.807, 2.05) is 12.1 Å². The zero-order chi connectivity index (χ0) is 25.5. The first-order valence-electron chi connectivity index (χ1n) is 11.5. The molecule has 2 aliphatic rings. The number of hydrogen-bond donors (Lipinski definition) is 2. The third-order valence-electron chi connectivity index (χ3n) is 6.51. The standard InChI is InChI=1S/C26H28BrClN4O3/c1-5-32-22-12-20(28)16(10-19(22)15(2)13-26(32,3)4)11-21-24(34)31(25(35)30-21)14-23(33)29-18-8-6-17(27)7-9-18/h6-12,15H,5,13-14H2,1-4H3,(H,29,33)(H,30,35)/b21-11+. The Hall–Kier alpha value is -2.84. The van der Waals surface area contributed by atoms with Crippen LogP contribution in [0.5, 0.6) is 0 Å². The molecular weight excluding hydrogens is 532 g/mol. The van der Waals surface area contributed by atoms with Gasteiger partial charge in [0.05, 0.1) is 0 Å². The summed E-state index contributed by atoms with van der Waals surface area (Å²) >= 11 is 9.97. The minimum absolute atomic E-state index is 0.0111. The average Bonchev–Trinajstić information content (AvgIpc) is 3.03. The molecule has 0 spiro atoms. The third-order valence-corrected chi connectivity index (χ3v) is 7.37. The molecule has 0 bridgehead atoms. The van der Waals surface area contributed by atoms with Crippen molar-refractivity contribution in [3.8, 4) is 0 Å². The van der Waals surface area contributed by atoms with Gasteiger partial charge < -0.3 is 15.5 Å². The van der Waals surface area contributed by atoms with E-state index in [9.17, 15) is 14.4 Å². The summed E-state index contributed by atoms with van der Waals surface area (Å²) in [5.74, 6) is -0.732. The summed E-state index contributed by atoms with van der Waals surface area (Å²) in [7, 11) is 0. The lowest BCUT2D eigenvalue weighted by Crippen LogP contribution is -2.48. The normalized spacial score (nSPS) is 20.2. The molecule has 9 heteroatoms. The first kappa shape index (κ1) is 25.3. The van der Waals surface area contributed by atoms with Crippen molar-refractivity contribution in [2.45, 2.75) is 45.6 Å². The van der Waals surface area contributed by atoms with E-state index in [4.69, 9.17) is 11.6 Å². The Labute approximate surface area is 218 Å². The van der Waals surface area contributed by atoms with Gasteiger partial charge in [-0.25, -0.2) is 9.69 Å². The van der Waals surface area contributed by atoms with Gasteiger partial charge in [0.1, 0.15) is 12.2 Å². The van der Waals surface area contributed by atoms with Crippen molar-refractivity contribution < 1.29 is 14.4 Å². The van der Waals surface area contributed by atoms with Crippen LogP contribution >= 0.6 is 27.5 Å². The predicted octanol–water partition coefficient (Wildman–Crippen LogP) is 5.75. The number of urea groups is 1. The van der Waals surface area contributed by atoms with Crippen molar-refractivity contribution in [1.82, 2.24) is 10.2 Å². The second-order valence-corrected chi connectivity index (χ2v) is 10.9. The van der Waals surface area contributed by atoms with Gasteiger partial charge in [-0.05, 0) is 86.7 Å². The first-order valence-corrected chi connectivity index (χ1v) is 12.7. The molecule has 0 aliphatic carbocycles. The van der Waals surface area contributed by atoms with Crippen LogP contribution in [0, 0.1) is 0 Å². The Kier molecular flexibility index (Phi) is 6.97. The van der Waals surface area contributed by atoms with Crippen molar-refractivity contribution in [2.24, 2.45) is 0 Å². The molecule has 4 rings (SSSR count). The molecule has 0 saturated carbocycles. The highest BCUT2D eigenvalue weighted by atomic mass is 79.9. The van der Waals surface area contributed by atoms with Gasteiger partial charge in [0.25, 0.3) is 5.91 Å². The molecule has 2 N–H and O–H groups in total. The van der Waals surface area contributed by atoms with Crippen LogP contribution in [-0.2, 0) is 9.59 Å². The van der Waals surface area contributed by atoms with Crippen LogP contribution < -0.4 is 15.5 Å². The van der Waals surface area contributed by atoms with E-state index in [1.54, 1.807) is 30.3 Å². The van der Waals surface area contributed by atoms with Crippen LogP contribution in [0.2, 0.25) is 5.02 Å². The van der Waals surface area contributed by atoms with Gasteiger partial charge in [0.15, 0.2) is 0 Å². The lowest BCUT2D eigenvalue weighted by atomic mass is 9.79. The Morgan fingerprint density at radius 1 is 1.26 bits per heavy atom. The molecule has 7 nitrogen and oxygen atoms in total. The van der Waals surface area contributed by atoms with E-state index in [1.165, 1.54) is 0 Å². The summed E-state index contributed by atoms with van der Waals surface area (Å²) in [5, 5.41) is 5.75. The molecule has 2 aromatic rings.